The van der Waals surface area contributed by atoms with Gasteiger partial charge in [-0.2, -0.15) is 0 Å². The molecule has 1 heterocycles. The minimum atomic E-state index is -0.943. The quantitative estimate of drug-likeness (QED) is 0.755. The fraction of sp³-hybridized carbons (Fsp3) is 0. The highest BCUT2D eigenvalue weighted by molar-refractivity contribution is 5.87. The molecule has 15 heavy (non-hydrogen) atoms. The fourth-order valence-corrected chi connectivity index (χ4v) is 1.37. The van der Waals surface area contributed by atoms with E-state index >= 15 is 0 Å². The number of rotatable bonds is 2. The van der Waals surface area contributed by atoms with Gasteiger partial charge in [-0.05, 0) is 29.8 Å². The van der Waals surface area contributed by atoms with E-state index in [9.17, 15) is 4.79 Å². The lowest BCUT2D eigenvalue weighted by Gasteiger charge is -1.97. The summed E-state index contributed by atoms with van der Waals surface area (Å²) in [6, 6.07) is 9.42. The molecule has 3 nitrogen and oxygen atoms in total. The van der Waals surface area contributed by atoms with Crippen LogP contribution in [0.4, 0.5) is 0 Å². The lowest BCUT2D eigenvalue weighted by atomic mass is 10.1. The van der Waals surface area contributed by atoms with Crippen molar-refractivity contribution in [1.82, 2.24) is 4.98 Å². The first kappa shape index (κ1) is 9.40. The summed E-state index contributed by atoms with van der Waals surface area (Å²) < 4.78 is 0. The monoisotopic (exact) mass is 199 g/mol. The molecule has 1 N–H and O–H groups in total. The lowest BCUT2D eigenvalue weighted by Crippen LogP contribution is -1.85. The van der Waals surface area contributed by atoms with Gasteiger partial charge in [-0.15, -0.1) is 0 Å². The van der Waals surface area contributed by atoms with Crippen LogP contribution in [-0.4, -0.2) is 16.1 Å². The van der Waals surface area contributed by atoms with Crippen LogP contribution in [0.25, 0.3) is 17.0 Å². The number of fused-ring (bicyclic) bond motifs is 1. The molecule has 0 radical (unpaired) electrons. The van der Waals surface area contributed by atoms with Crippen LogP contribution in [0.15, 0.2) is 42.6 Å². The van der Waals surface area contributed by atoms with E-state index in [4.69, 9.17) is 5.11 Å². The predicted octanol–water partition coefficient (Wildman–Crippen LogP) is 2.33. The summed E-state index contributed by atoms with van der Waals surface area (Å²) in [5.74, 6) is -0.943. The number of carbonyl (C=O) groups is 1. The van der Waals surface area contributed by atoms with Crippen LogP contribution in [0, 0.1) is 0 Å². The number of pyridine rings is 1. The van der Waals surface area contributed by atoms with Crippen molar-refractivity contribution >= 4 is 22.9 Å². The lowest BCUT2D eigenvalue weighted by molar-refractivity contribution is -0.131. The molecule has 0 atom stereocenters. The second-order valence-corrected chi connectivity index (χ2v) is 3.13. The molecule has 0 spiro atoms. The van der Waals surface area contributed by atoms with Gasteiger partial charge in [0, 0.05) is 17.7 Å². The van der Waals surface area contributed by atoms with Gasteiger partial charge < -0.3 is 5.11 Å². The second-order valence-electron chi connectivity index (χ2n) is 3.13. The molecule has 0 aliphatic heterocycles. The zero-order valence-corrected chi connectivity index (χ0v) is 7.92. The van der Waals surface area contributed by atoms with Gasteiger partial charge in [0.1, 0.15) is 0 Å². The Morgan fingerprint density at radius 2 is 2.20 bits per heavy atom. The van der Waals surface area contributed by atoms with Crippen LogP contribution in [0.2, 0.25) is 0 Å². The van der Waals surface area contributed by atoms with E-state index in [0.29, 0.717) is 0 Å². The molecule has 1 aromatic carbocycles. The van der Waals surface area contributed by atoms with E-state index in [1.54, 1.807) is 12.3 Å². The van der Waals surface area contributed by atoms with Gasteiger partial charge in [0.25, 0.3) is 0 Å². The SMILES string of the molecule is O=C(O)C=Cc1ccc2ncccc2c1. The summed E-state index contributed by atoms with van der Waals surface area (Å²) in [6.45, 7) is 0. The van der Waals surface area contributed by atoms with Crippen LogP contribution >= 0.6 is 0 Å². The van der Waals surface area contributed by atoms with Crippen LogP contribution < -0.4 is 0 Å². The van der Waals surface area contributed by atoms with Gasteiger partial charge in [-0.1, -0.05) is 12.1 Å². The highest BCUT2D eigenvalue weighted by Crippen LogP contribution is 2.14. The van der Waals surface area contributed by atoms with Crippen molar-refractivity contribution in [1.29, 1.82) is 0 Å². The number of hydrogen-bond donors (Lipinski definition) is 1. The van der Waals surface area contributed by atoms with Gasteiger partial charge >= 0.3 is 5.97 Å². The van der Waals surface area contributed by atoms with Gasteiger partial charge in [0.15, 0.2) is 0 Å². The number of nitrogens with zero attached hydrogens (tertiary/aromatic N) is 1. The van der Waals surface area contributed by atoms with E-state index in [1.165, 1.54) is 0 Å². The Labute approximate surface area is 86.7 Å². The number of carboxylic acid groups (broad SMARTS) is 1. The van der Waals surface area contributed by atoms with Crippen molar-refractivity contribution in [2.24, 2.45) is 0 Å². The molecule has 0 aliphatic carbocycles. The summed E-state index contributed by atoms with van der Waals surface area (Å²) >= 11 is 0. The van der Waals surface area contributed by atoms with E-state index < -0.39 is 5.97 Å². The second kappa shape index (κ2) is 3.92. The first-order valence-electron chi connectivity index (χ1n) is 4.51. The van der Waals surface area contributed by atoms with Crippen molar-refractivity contribution in [3.63, 3.8) is 0 Å². The third-order valence-electron chi connectivity index (χ3n) is 2.05. The third kappa shape index (κ3) is 2.20. The third-order valence-corrected chi connectivity index (χ3v) is 2.05. The normalized spacial score (nSPS) is 10.9. The first-order chi connectivity index (χ1) is 7.25. The highest BCUT2D eigenvalue weighted by Gasteiger charge is 1.94. The van der Waals surface area contributed by atoms with E-state index in [2.05, 4.69) is 4.98 Å². The van der Waals surface area contributed by atoms with Crippen LogP contribution in [0.1, 0.15) is 5.56 Å². The Morgan fingerprint density at radius 1 is 1.33 bits per heavy atom. The topological polar surface area (TPSA) is 50.2 Å². The number of aliphatic carboxylic acids is 1. The minimum absolute atomic E-state index is 0.859. The Bertz CT molecular complexity index is 532. The van der Waals surface area contributed by atoms with Crippen molar-refractivity contribution in [3.05, 3.63) is 48.2 Å². The maximum Gasteiger partial charge on any atom is 0.328 e. The first-order valence-corrected chi connectivity index (χ1v) is 4.51. The summed E-state index contributed by atoms with van der Waals surface area (Å²) in [5.41, 5.74) is 1.77. The Morgan fingerprint density at radius 3 is 3.00 bits per heavy atom. The fourth-order valence-electron chi connectivity index (χ4n) is 1.37. The van der Waals surface area contributed by atoms with Crippen molar-refractivity contribution in [2.45, 2.75) is 0 Å². The van der Waals surface area contributed by atoms with Gasteiger partial charge in [0.2, 0.25) is 0 Å². The maximum atomic E-state index is 10.3. The Balaban J connectivity index is 2.43. The molecule has 0 unspecified atom stereocenters. The number of hydrogen-bond acceptors (Lipinski definition) is 2. The van der Waals surface area contributed by atoms with Crippen molar-refractivity contribution < 1.29 is 9.90 Å². The zero-order chi connectivity index (χ0) is 10.7. The van der Waals surface area contributed by atoms with Gasteiger partial charge in [0.05, 0.1) is 5.52 Å². The van der Waals surface area contributed by atoms with Crippen molar-refractivity contribution in [2.75, 3.05) is 0 Å². The maximum absolute atomic E-state index is 10.3. The molecule has 3 heteroatoms. The smallest absolute Gasteiger partial charge is 0.328 e. The summed E-state index contributed by atoms with van der Waals surface area (Å²) in [4.78, 5) is 14.5. The largest absolute Gasteiger partial charge is 0.478 e. The zero-order valence-electron chi connectivity index (χ0n) is 7.92. The molecule has 2 rings (SSSR count). The number of benzene rings is 1. The molecular formula is C12H9NO2. The van der Waals surface area contributed by atoms with Crippen molar-refractivity contribution in [3.8, 4) is 0 Å². The molecule has 0 bridgehead atoms. The summed E-state index contributed by atoms with van der Waals surface area (Å²) in [7, 11) is 0. The molecule has 0 saturated heterocycles. The molecule has 2 aromatic rings. The Kier molecular flexibility index (Phi) is 2.46. The molecule has 0 aliphatic rings. The predicted molar refractivity (Wildman–Crippen MR) is 58.4 cm³/mol. The standard InChI is InChI=1S/C12H9NO2/c14-12(15)6-4-9-3-5-11-10(8-9)2-1-7-13-11/h1-8H,(H,14,15). The molecule has 0 saturated carbocycles. The molecular weight excluding hydrogens is 190 g/mol. The van der Waals surface area contributed by atoms with Gasteiger partial charge in [-0.25, -0.2) is 4.79 Å². The van der Waals surface area contributed by atoms with Crippen LogP contribution in [0.3, 0.4) is 0 Å². The van der Waals surface area contributed by atoms with E-state index in [-0.39, 0.29) is 0 Å². The summed E-state index contributed by atoms with van der Waals surface area (Å²) in [5, 5.41) is 9.49. The van der Waals surface area contributed by atoms with Crippen LogP contribution in [0.5, 0.6) is 0 Å². The molecule has 74 valence electrons. The average molecular weight is 199 g/mol. The molecule has 0 fully saturated rings. The van der Waals surface area contributed by atoms with Crippen LogP contribution in [-0.2, 0) is 4.79 Å². The van der Waals surface area contributed by atoms with E-state index in [0.717, 1.165) is 22.5 Å². The number of aromatic nitrogens is 1. The molecule has 1 aromatic heterocycles. The molecule has 0 amide bonds. The number of carboxylic acids is 1. The summed E-state index contributed by atoms with van der Waals surface area (Å²) in [6.07, 6.45) is 4.42. The highest BCUT2D eigenvalue weighted by atomic mass is 16.4. The Hall–Kier alpha value is -2.16. The minimum Gasteiger partial charge on any atom is -0.478 e. The van der Waals surface area contributed by atoms with E-state index in [1.807, 2.05) is 30.3 Å². The average Bonchev–Trinajstić information content (AvgIpc) is 2.26. The van der Waals surface area contributed by atoms with Gasteiger partial charge in [-0.3, -0.25) is 4.98 Å².